The van der Waals surface area contributed by atoms with E-state index in [-0.39, 0.29) is 17.2 Å². The summed E-state index contributed by atoms with van der Waals surface area (Å²) in [5.41, 5.74) is 5.39. The van der Waals surface area contributed by atoms with Crippen molar-refractivity contribution in [3.63, 3.8) is 0 Å². The summed E-state index contributed by atoms with van der Waals surface area (Å²) in [6.45, 7) is 1.87. The van der Waals surface area contributed by atoms with Crippen molar-refractivity contribution >= 4 is 61.0 Å². The lowest BCUT2D eigenvalue weighted by Crippen LogP contribution is -2.24. The molecule has 5 aromatic rings. The molecule has 0 fully saturated rings. The first-order valence-corrected chi connectivity index (χ1v) is 13.0. The third kappa shape index (κ3) is 4.96. The molecule has 1 aromatic heterocycles. The Hall–Kier alpha value is -3.75. The quantitative estimate of drug-likeness (QED) is 0.122. The number of carbonyl (C=O) groups is 1. The monoisotopic (exact) mass is 556 g/mol. The molecule has 4 aromatic carbocycles. The molecule has 0 bridgehead atoms. The lowest BCUT2D eigenvalue weighted by molar-refractivity contribution is -0.118. The van der Waals surface area contributed by atoms with Gasteiger partial charge < -0.3 is 0 Å². The summed E-state index contributed by atoms with van der Waals surface area (Å²) in [4.78, 5) is 30.7. The number of thioether (sulfide) groups is 1. The van der Waals surface area contributed by atoms with Gasteiger partial charge in [-0.15, -0.1) is 0 Å². The molecule has 1 N–H and O–H groups in total. The third-order valence-corrected chi connectivity index (χ3v) is 7.16. The van der Waals surface area contributed by atoms with Crippen molar-refractivity contribution in [1.29, 1.82) is 0 Å². The van der Waals surface area contributed by atoms with E-state index in [1.165, 1.54) is 16.3 Å². The van der Waals surface area contributed by atoms with Gasteiger partial charge in [0.05, 0.1) is 28.1 Å². The highest BCUT2D eigenvalue weighted by atomic mass is 79.9. The van der Waals surface area contributed by atoms with Gasteiger partial charge in [0.25, 0.3) is 11.5 Å². The fourth-order valence-electron chi connectivity index (χ4n) is 3.94. The minimum atomic E-state index is -0.288. The molecule has 36 heavy (non-hydrogen) atoms. The molecule has 0 spiro atoms. The van der Waals surface area contributed by atoms with Crippen molar-refractivity contribution < 1.29 is 4.79 Å². The summed E-state index contributed by atoms with van der Waals surface area (Å²) in [5.74, 6) is -0.238. The number of fused-ring (bicyclic) bond motifs is 2. The zero-order valence-electron chi connectivity index (χ0n) is 19.3. The second kappa shape index (κ2) is 10.5. The van der Waals surface area contributed by atoms with E-state index in [2.05, 4.69) is 31.4 Å². The molecule has 8 heteroatoms. The average molecular weight is 557 g/mol. The molecule has 0 radical (unpaired) electrons. The number of hydrazone groups is 1. The van der Waals surface area contributed by atoms with Gasteiger partial charge in [0.15, 0.2) is 5.16 Å². The molecule has 0 aliphatic heterocycles. The number of hydrogen-bond acceptors (Lipinski definition) is 5. The predicted molar refractivity (Wildman–Crippen MR) is 150 cm³/mol. The van der Waals surface area contributed by atoms with Crippen molar-refractivity contribution in [3.8, 4) is 5.69 Å². The Morgan fingerprint density at radius 3 is 2.44 bits per heavy atom. The fraction of sp³-hybridized carbons (Fsp3) is 0.0714. The molecular weight excluding hydrogens is 536 g/mol. The minimum absolute atomic E-state index is 0.0492. The number of halogens is 1. The van der Waals surface area contributed by atoms with E-state index < -0.39 is 0 Å². The maximum atomic E-state index is 13.3. The van der Waals surface area contributed by atoms with Crippen LogP contribution in [-0.2, 0) is 4.79 Å². The number of nitrogens with zero attached hydrogens (tertiary/aromatic N) is 3. The average Bonchev–Trinajstić information content (AvgIpc) is 2.91. The predicted octanol–water partition coefficient (Wildman–Crippen LogP) is 5.93. The van der Waals surface area contributed by atoms with Crippen molar-refractivity contribution in [2.45, 2.75) is 12.1 Å². The Morgan fingerprint density at radius 2 is 1.64 bits per heavy atom. The number of carbonyl (C=O) groups excluding carboxylic acids is 1. The summed E-state index contributed by atoms with van der Waals surface area (Å²) in [6, 6.07) is 28.7. The van der Waals surface area contributed by atoms with Gasteiger partial charge in [-0.3, -0.25) is 14.2 Å². The minimum Gasteiger partial charge on any atom is -0.272 e. The molecule has 0 aliphatic carbocycles. The van der Waals surface area contributed by atoms with Crippen LogP contribution in [0.2, 0.25) is 0 Å². The van der Waals surface area contributed by atoms with Crippen LogP contribution in [0, 0.1) is 0 Å². The number of aromatic nitrogens is 2. The molecule has 5 rings (SSSR count). The molecular formula is C28H21BrN4O2S. The zero-order chi connectivity index (χ0) is 25.1. The second-order valence-electron chi connectivity index (χ2n) is 8.08. The van der Waals surface area contributed by atoms with Gasteiger partial charge in [-0.25, -0.2) is 10.4 Å². The van der Waals surface area contributed by atoms with Crippen molar-refractivity contribution in [2.24, 2.45) is 5.10 Å². The number of amides is 1. The van der Waals surface area contributed by atoms with Crippen LogP contribution in [0.4, 0.5) is 0 Å². The van der Waals surface area contributed by atoms with Crippen molar-refractivity contribution in [2.75, 3.05) is 5.75 Å². The maximum Gasteiger partial charge on any atom is 0.266 e. The number of hydrogen-bond donors (Lipinski definition) is 1. The summed E-state index contributed by atoms with van der Waals surface area (Å²) >= 11 is 4.62. The van der Waals surface area contributed by atoms with Gasteiger partial charge in [0.1, 0.15) is 0 Å². The lowest BCUT2D eigenvalue weighted by atomic mass is 10.0. The Labute approximate surface area is 220 Å². The SMILES string of the molecule is CC(=NNC(=O)CSc1nc2ccccc2c(=O)n1-c1ccc(Br)cc1)c1cccc2ccccc12. The molecule has 0 atom stereocenters. The molecule has 178 valence electrons. The highest BCUT2D eigenvalue weighted by Gasteiger charge is 2.15. The van der Waals surface area contributed by atoms with E-state index in [0.29, 0.717) is 27.5 Å². The summed E-state index contributed by atoms with van der Waals surface area (Å²) in [6.07, 6.45) is 0. The first-order chi connectivity index (χ1) is 17.5. The number of benzene rings is 4. The summed E-state index contributed by atoms with van der Waals surface area (Å²) < 4.78 is 2.44. The summed E-state index contributed by atoms with van der Waals surface area (Å²) in [5, 5.41) is 7.46. The normalized spacial score (nSPS) is 11.7. The van der Waals surface area contributed by atoms with E-state index >= 15 is 0 Å². The van der Waals surface area contributed by atoms with E-state index in [0.717, 1.165) is 20.8 Å². The van der Waals surface area contributed by atoms with Crippen molar-refractivity contribution in [1.82, 2.24) is 15.0 Å². The standard InChI is InChI=1S/C28H21BrN4O2S/c1-18(22-11-6-8-19-7-2-3-9-23(19)22)31-32-26(34)17-36-28-30-25-12-5-4-10-24(25)27(35)33(28)21-15-13-20(29)14-16-21/h2-16H,17H2,1H3,(H,32,34). The molecule has 0 saturated heterocycles. The van der Waals surface area contributed by atoms with E-state index in [1.54, 1.807) is 12.1 Å². The smallest absolute Gasteiger partial charge is 0.266 e. The van der Waals surface area contributed by atoms with Gasteiger partial charge in [-0.2, -0.15) is 5.10 Å². The Morgan fingerprint density at radius 1 is 0.944 bits per heavy atom. The highest BCUT2D eigenvalue weighted by molar-refractivity contribution is 9.10. The van der Waals surface area contributed by atoms with Crippen LogP contribution in [0.3, 0.4) is 0 Å². The maximum absolute atomic E-state index is 13.3. The molecule has 0 unspecified atom stereocenters. The van der Waals surface area contributed by atoms with Crippen LogP contribution in [0.1, 0.15) is 12.5 Å². The lowest BCUT2D eigenvalue weighted by Gasteiger charge is -2.13. The van der Waals surface area contributed by atoms with E-state index in [4.69, 9.17) is 0 Å². The molecule has 1 heterocycles. The van der Waals surface area contributed by atoms with E-state index in [1.807, 2.05) is 85.8 Å². The molecule has 0 saturated carbocycles. The van der Waals surface area contributed by atoms with Gasteiger partial charge in [0, 0.05) is 10.0 Å². The van der Waals surface area contributed by atoms with Gasteiger partial charge in [-0.05, 0) is 54.1 Å². The topological polar surface area (TPSA) is 76.3 Å². The highest BCUT2D eigenvalue weighted by Crippen LogP contribution is 2.23. The summed E-state index contributed by atoms with van der Waals surface area (Å²) in [7, 11) is 0. The van der Waals surface area contributed by atoms with Crippen molar-refractivity contribution in [3.05, 3.63) is 111 Å². The number of nitrogens with one attached hydrogen (secondary N) is 1. The molecule has 6 nitrogen and oxygen atoms in total. The van der Waals surface area contributed by atoms with Crippen LogP contribution in [0.15, 0.2) is 111 Å². The van der Waals surface area contributed by atoms with Crippen LogP contribution < -0.4 is 11.0 Å². The van der Waals surface area contributed by atoms with Gasteiger partial charge in [0.2, 0.25) is 0 Å². The zero-order valence-corrected chi connectivity index (χ0v) is 21.7. The Balaban J connectivity index is 1.39. The van der Waals surface area contributed by atoms with Crippen LogP contribution in [-0.4, -0.2) is 26.9 Å². The van der Waals surface area contributed by atoms with Crippen LogP contribution in [0.25, 0.3) is 27.4 Å². The van der Waals surface area contributed by atoms with Gasteiger partial charge in [-0.1, -0.05) is 82.3 Å². The van der Waals surface area contributed by atoms with Crippen LogP contribution in [0.5, 0.6) is 0 Å². The Kier molecular flexibility index (Phi) is 6.97. The third-order valence-electron chi connectivity index (χ3n) is 5.69. The molecule has 1 amide bonds. The fourth-order valence-corrected chi connectivity index (χ4v) is 5.01. The number of para-hydroxylation sites is 1. The second-order valence-corrected chi connectivity index (χ2v) is 9.93. The Bertz CT molecular complexity index is 1670. The first-order valence-electron chi connectivity index (χ1n) is 11.2. The molecule has 0 aliphatic rings. The first kappa shape index (κ1) is 24.0. The van der Waals surface area contributed by atoms with E-state index in [9.17, 15) is 9.59 Å². The van der Waals surface area contributed by atoms with Gasteiger partial charge >= 0.3 is 0 Å². The number of rotatable bonds is 6. The largest absolute Gasteiger partial charge is 0.272 e. The van der Waals surface area contributed by atoms with Crippen LogP contribution >= 0.6 is 27.7 Å².